The summed E-state index contributed by atoms with van der Waals surface area (Å²) in [5, 5.41) is 2.09. The highest BCUT2D eigenvalue weighted by Crippen LogP contribution is 2.36. The van der Waals surface area contributed by atoms with Crippen molar-refractivity contribution >= 4 is 25.0 Å². The van der Waals surface area contributed by atoms with Crippen LogP contribution in [0.15, 0.2) is 72.6 Å². The second-order valence-electron chi connectivity index (χ2n) is 6.68. The van der Waals surface area contributed by atoms with E-state index in [0.29, 0.717) is 0 Å². The molecule has 0 radical (unpaired) electrons. The van der Waals surface area contributed by atoms with Gasteiger partial charge in [0.1, 0.15) is 0 Å². The molecule has 0 amide bonds. The van der Waals surface area contributed by atoms with Crippen molar-refractivity contribution in [3.05, 3.63) is 72.6 Å². The number of carbonyl (C=O) groups excluding carboxylic acids is 1. The molecule has 2 aromatic carbocycles. The van der Waals surface area contributed by atoms with Crippen LogP contribution in [0.1, 0.15) is 20.8 Å². The van der Waals surface area contributed by atoms with E-state index in [1.807, 2.05) is 36.4 Å². The molecule has 0 heterocycles. The summed E-state index contributed by atoms with van der Waals surface area (Å²) in [6, 6.07) is 20.2. The van der Waals surface area contributed by atoms with Gasteiger partial charge >= 0.3 is 0 Å². The summed E-state index contributed by atoms with van der Waals surface area (Å²) in [7, 11) is -2.66. The van der Waals surface area contributed by atoms with Gasteiger partial charge < -0.3 is 4.43 Å². The fourth-order valence-corrected chi connectivity index (χ4v) is 7.54. The van der Waals surface area contributed by atoms with Crippen LogP contribution in [0.5, 0.6) is 0 Å². The number of benzene rings is 2. The van der Waals surface area contributed by atoms with Crippen molar-refractivity contribution in [2.24, 2.45) is 0 Å². The molecule has 0 aliphatic rings. The summed E-state index contributed by atoms with van der Waals surface area (Å²) in [4.78, 5) is 10.5. The van der Waals surface area contributed by atoms with Crippen LogP contribution in [-0.4, -0.2) is 21.2 Å². The lowest BCUT2D eigenvalue weighted by molar-refractivity contribution is -0.106. The van der Waals surface area contributed by atoms with Gasteiger partial charge in [0, 0.05) is 0 Å². The molecule has 2 nitrogen and oxygen atoms in total. The van der Waals surface area contributed by atoms with Crippen LogP contribution in [0.2, 0.25) is 5.04 Å². The van der Waals surface area contributed by atoms with Crippen molar-refractivity contribution in [3.8, 4) is 0 Å². The Morgan fingerprint density at radius 3 is 1.83 bits per heavy atom. The number of allylic oxidation sites excluding steroid dienone is 1. The van der Waals surface area contributed by atoms with Gasteiger partial charge in [-0.15, -0.1) is 0 Å². The zero-order valence-electron chi connectivity index (χ0n) is 14.3. The van der Waals surface area contributed by atoms with E-state index in [1.54, 1.807) is 0 Å². The Balaban J connectivity index is 2.59. The fraction of sp³-hybridized carbons (Fsp3) is 0.250. The van der Waals surface area contributed by atoms with E-state index in [1.165, 1.54) is 6.08 Å². The molecule has 0 aliphatic carbocycles. The Morgan fingerprint density at radius 2 is 1.46 bits per heavy atom. The second kappa shape index (κ2) is 7.68. The molecular formula is C20H23FO2Si. The van der Waals surface area contributed by atoms with E-state index in [0.717, 1.165) is 10.4 Å². The van der Waals surface area contributed by atoms with Crippen molar-refractivity contribution in [1.82, 2.24) is 0 Å². The van der Waals surface area contributed by atoms with Gasteiger partial charge in [-0.1, -0.05) is 81.4 Å². The Bertz CT molecular complexity index is 651. The molecular weight excluding hydrogens is 319 g/mol. The lowest BCUT2D eigenvalue weighted by Gasteiger charge is -2.42. The average Bonchev–Trinajstić information content (AvgIpc) is 2.59. The van der Waals surface area contributed by atoms with E-state index in [-0.39, 0.29) is 17.9 Å². The highest BCUT2D eigenvalue weighted by Gasteiger charge is 2.49. The zero-order chi connectivity index (χ0) is 17.6. The summed E-state index contributed by atoms with van der Waals surface area (Å²) in [6.07, 6.45) is 1.40. The maximum atomic E-state index is 13.2. The summed E-state index contributed by atoms with van der Waals surface area (Å²) in [5.41, 5.74) is 0. The molecule has 0 spiro atoms. The van der Waals surface area contributed by atoms with E-state index in [4.69, 9.17) is 4.43 Å². The molecule has 0 atom stereocenters. The molecule has 0 saturated carbocycles. The Labute approximate surface area is 144 Å². The topological polar surface area (TPSA) is 26.3 Å². The van der Waals surface area contributed by atoms with Crippen molar-refractivity contribution in [2.75, 3.05) is 6.61 Å². The highest BCUT2D eigenvalue weighted by atomic mass is 28.4. The van der Waals surface area contributed by atoms with Crippen molar-refractivity contribution in [2.45, 2.75) is 25.8 Å². The summed E-state index contributed by atoms with van der Waals surface area (Å²) < 4.78 is 19.6. The fourth-order valence-electron chi connectivity index (χ4n) is 3.06. The van der Waals surface area contributed by atoms with Crippen LogP contribution in [-0.2, 0) is 9.22 Å². The van der Waals surface area contributed by atoms with Crippen LogP contribution in [0.4, 0.5) is 4.39 Å². The first kappa shape index (κ1) is 18.3. The average molecular weight is 342 g/mol. The third kappa shape index (κ3) is 3.71. The predicted molar refractivity (Wildman–Crippen MR) is 98.8 cm³/mol. The van der Waals surface area contributed by atoms with Gasteiger partial charge in [-0.3, -0.25) is 4.79 Å². The molecule has 2 aromatic rings. The number of halogens is 1. The molecule has 0 unspecified atom stereocenters. The first-order chi connectivity index (χ1) is 11.4. The van der Waals surface area contributed by atoms with Crippen molar-refractivity contribution in [3.63, 3.8) is 0 Å². The van der Waals surface area contributed by atoms with Gasteiger partial charge in [0.25, 0.3) is 8.32 Å². The predicted octanol–water partition coefficient (Wildman–Crippen LogP) is 3.62. The Kier molecular flexibility index (Phi) is 5.86. The Hall–Kier alpha value is -2.04. The lowest BCUT2D eigenvalue weighted by Crippen LogP contribution is -2.66. The third-order valence-corrected chi connectivity index (χ3v) is 9.11. The Morgan fingerprint density at radius 1 is 1.00 bits per heavy atom. The first-order valence-corrected chi connectivity index (χ1v) is 9.88. The van der Waals surface area contributed by atoms with E-state index >= 15 is 0 Å². The standard InChI is InChI=1S/C20H23FO2Si/c1-20(2,3)24(18-10-6-4-7-11-18,19-12-8-5-9-13-19)23-15-14-17(21)16-22/h4-14,16H,15H2,1-3H3/b17-14+. The van der Waals surface area contributed by atoms with Crippen LogP contribution in [0.3, 0.4) is 0 Å². The van der Waals surface area contributed by atoms with Gasteiger partial charge in [-0.2, -0.15) is 0 Å². The molecule has 24 heavy (non-hydrogen) atoms. The van der Waals surface area contributed by atoms with E-state index in [2.05, 4.69) is 45.0 Å². The van der Waals surface area contributed by atoms with Crippen LogP contribution in [0.25, 0.3) is 0 Å². The quantitative estimate of drug-likeness (QED) is 0.455. The number of hydrogen-bond donors (Lipinski definition) is 0. The molecule has 2 rings (SSSR count). The van der Waals surface area contributed by atoms with Crippen LogP contribution >= 0.6 is 0 Å². The van der Waals surface area contributed by atoms with E-state index in [9.17, 15) is 9.18 Å². The number of carbonyl (C=O) groups is 1. The highest BCUT2D eigenvalue weighted by molar-refractivity contribution is 6.99. The minimum absolute atomic E-state index is 0.0673. The molecule has 0 N–H and O–H groups in total. The number of aldehydes is 1. The first-order valence-electron chi connectivity index (χ1n) is 7.97. The zero-order valence-corrected chi connectivity index (χ0v) is 15.3. The molecule has 4 heteroatoms. The summed E-state index contributed by atoms with van der Waals surface area (Å²) >= 11 is 0. The molecule has 0 aliphatic heterocycles. The summed E-state index contributed by atoms with van der Waals surface area (Å²) in [5.74, 6) is -0.798. The lowest BCUT2D eigenvalue weighted by atomic mass is 10.2. The monoisotopic (exact) mass is 342 g/mol. The van der Waals surface area contributed by atoms with Gasteiger partial charge in [0.2, 0.25) is 0 Å². The molecule has 0 saturated heterocycles. The largest absolute Gasteiger partial charge is 0.404 e. The van der Waals surface area contributed by atoms with Crippen molar-refractivity contribution < 1.29 is 13.6 Å². The van der Waals surface area contributed by atoms with Crippen LogP contribution in [0, 0.1) is 0 Å². The minimum atomic E-state index is -2.66. The maximum absolute atomic E-state index is 13.2. The van der Waals surface area contributed by atoms with Gasteiger partial charge in [-0.25, -0.2) is 4.39 Å². The number of rotatable bonds is 6. The minimum Gasteiger partial charge on any atom is -0.404 e. The SMILES string of the molecule is CC(C)(C)[Si](OC/C=C(/F)C=O)(c1ccccc1)c1ccccc1. The summed E-state index contributed by atoms with van der Waals surface area (Å²) in [6.45, 7) is 6.52. The van der Waals surface area contributed by atoms with Gasteiger partial charge in [0.05, 0.1) is 6.61 Å². The van der Waals surface area contributed by atoms with Gasteiger partial charge in [-0.05, 0) is 21.5 Å². The van der Waals surface area contributed by atoms with Crippen molar-refractivity contribution in [1.29, 1.82) is 0 Å². The molecule has 126 valence electrons. The molecule has 0 aromatic heterocycles. The number of hydrogen-bond acceptors (Lipinski definition) is 2. The molecule has 0 fully saturated rings. The second-order valence-corrected chi connectivity index (χ2v) is 11.0. The van der Waals surface area contributed by atoms with Crippen LogP contribution < -0.4 is 10.4 Å². The normalized spacial score (nSPS) is 12.9. The van der Waals surface area contributed by atoms with Gasteiger partial charge in [0.15, 0.2) is 12.1 Å². The molecule has 0 bridgehead atoms. The third-order valence-electron chi connectivity index (χ3n) is 4.11. The van der Waals surface area contributed by atoms with E-state index < -0.39 is 14.1 Å². The maximum Gasteiger partial charge on any atom is 0.261 e. The smallest absolute Gasteiger partial charge is 0.261 e.